The SMILES string of the molecule is COc1ccc([C@H](C)NC(=O)[C@H](N)CCSC)cc1. The van der Waals surface area contributed by atoms with E-state index >= 15 is 0 Å². The Morgan fingerprint density at radius 3 is 2.58 bits per heavy atom. The molecule has 19 heavy (non-hydrogen) atoms. The van der Waals surface area contributed by atoms with Gasteiger partial charge in [0.1, 0.15) is 5.75 Å². The zero-order valence-electron chi connectivity index (χ0n) is 11.7. The predicted octanol–water partition coefficient (Wildman–Crippen LogP) is 1.95. The Balaban J connectivity index is 2.53. The molecule has 0 fully saturated rings. The maximum absolute atomic E-state index is 11.9. The molecule has 0 saturated heterocycles. The highest BCUT2D eigenvalue weighted by molar-refractivity contribution is 7.98. The molecule has 3 N–H and O–H groups in total. The smallest absolute Gasteiger partial charge is 0.237 e. The number of carbonyl (C=O) groups excluding carboxylic acids is 1. The molecule has 0 aromatic heterocycles. The van der Waals surface area contributed by atoms with Gasteiger partial charge in [0.25, 0.3) is 0 Å². The van der Waals surface area contributed by atoms with E-state index in [1.165, 1.54) is 0 Å². The third-order valence-electron chi connectivity index (χ3n) is 2.94. The first-order valence-electron chi connectivity index (χ1n) is 6.27. The number of hydrogen-bond donors (Lipinski definition) is 2. The van der Waals surface area contributed by atoms with E-state index < -0.39 is 6.04 Å². The number of nitrogens with two attached hydrogens (primary N) is 1. The average molecular weight is 282 g/mol. The number of methoxy groups -OCH3 is 1. The normalized spacial score (nSPS) is 13.7. The summed E-state index contributed by atoms with van der Waals surface area (Å²) in [4.78, 5) is 11.9. The summed E-state index contributed by atoms with van der Waals surface area (Å²) in [6, 6.07) is 7.15. The quantitative estimate of drug-likeness (QED) is 0.802. The Bertz CT molecular complexity index is 395. The molecule has 0 heterocycles. The first kappa shape index (κ1) is 15.9. The standard InChI is InChI=1S/C14H22N2O2S/c1-10(11-4-6-12(18-2)7-5-11)16-14(17)13(15)8-9-19-3/h4-7,10,13H,8-9,15H2,1-3H3,(H,16,17)/t10-,13+/m0/s1. The second-order valence-electron chi connectivity index (χ2n) is 4.39. The van der Waals surface area contributed by atoms with Crippen LogP contribution in [0.25, 0.3) is 0 Å². The van der Waals surface area contributed by atoms with Gasteiger partial charge in [-0.3, -0.25) is 4.79 Å². The summed E-state index contributed by atoms with van der Waals surface area (Å²) < 4.78 is 5.10. The summed E-state index contributed by atoms with van der Waals surface area (Å²) in [5.41, 5.74) is 6.86. The number of rotatable bonds is 7. The molecule has 1 amide bonds. The van der Waals surface area contributed by atoms with Gasteiger partial charge in [0, 0.05) is 0 Å². The van der Waals surface area contributed by atoms with E-state index in [2.05, 4.69) is 5.32 Å². The monoisotopic (exact) mass is 282 g/mol. The first-order valence-corrected chi connectivity index (χ1v) is 7.66. The van der Waals surface area contributed by atoms with Crippen molar-refractivity contribution >= 4 is 17.7 Å². The summed E-state index contributed by atoms with van der Waals surface area (Å²) in [6.07, 6.45) is 2.70. The number of hydrogen-bond acceptors (Lipinski definition) is 4. The van der Waals surface area contributed by atoms with Crippen LogP contribution in [0.4, 0.5) is 0 Å². The van der Waals surface area contributed by atoms with Crippen molar-refractivity contribution in [2.75, 3.05) is 19.1 Å². The van der Waals surface area contributed by atoms with Gasteiger partial charge in [0.2, 0.25) is 5.91 Å². The molecule has 106 valence electrons. The molecule has 5 heteroatoms. The number of carbonyl (C=O) groups is 1. The molecular formula is C14H22N2O2S. The number of ether oxygens (including phenoxy) is 1. The highest BCUT2D eigenvalue weighted by atomic mass is 32.2. The molecule has 2 atom stereocenters. The van der Waals surface area contributed by atoms with Crippen molar-refractivity contribution in [2.24, 2.45) is 5.73 Å². The second-order valence-corrected chi connectivity index (χ2v) is 5.38. The van der Waals surface area contributed by atoms with E-state index in [0.717, 1.165) is 17.1 Å². The summed E-state index contributed by atoms with van der Waals surface area (Å²) >= 11 is 1.69. The Morgan fingerprint density at radius 1 is 1.42 bits per heavy atom. The lowest BCUT2D eigenvalue weighted by Gasteiger charge is -2.18. The summed E-state index contributed by atoms with van der Waals surface area (Å²) in [5.74, 6) is 1.60. The Kier molecular flexibility index (Phi) is 6.73. The average Bonchev–Trinajstić information content (AvgIpc) is 2.44. The largest absolute Gasteiger partial charge is 0.497 e. The van der Waals surface area contributed by atoms with Crippen molar-refractivity contribution in [3.8, 4) is 5.75 Å². The van der Waals surface area contributed by atoms with Crippen LogP contribution in [0, 0.1) is 0 Å². The van der Waals surface area contributed by atoms with Crippen molar-refractivity contribution in [3.63, 3.8) is 0 Å². The Labute approximate surface area is 119 Å². The van der Waals surface area contributed by atoms with Crippen LogP contribution in [0.2, 0.25) is 0 Å². The highest BCUT2D eigenvalue weighted by Gasteiger charge is 2.16. The maximum atomic E-state index is 11.9. The van der Waals surface area contributed by atoms with Crippen LogP contribution in [-0.2, 0) is 4.79 Å². The third kappa shape index (κ3) is 5.12. The van der Waals surface area contributed by atoms with Gasteiger partial charge in [-0.15, -0.1) is 0 Å². The van der Waals surface area contributed by atoms with Crippen molar-refractivity contribution < 1.29 is 9.53 Å². The molecule has 0 aliphatic heterocycles. The zero-order chi connectivity index (χ0) is 14.3. The second kappa shape index (κ2) is 8.07. The van der Waals surface area contributed by atoms with Crippen molar-refractivity contribution in [2.45, 2.75) is 25.4 Å². The van der Waals surface area contributed by atoms with Gasteiger partial charge in [-0.25, -0.2) is 0 Å². The molecule has 1 rings (SSSR count). The molecule has 0 aliphatic rings. The van der Waals surface area contributed by atoms with Crippen LogP contribution in [0.5, 0.6) is 5.75 Å². The van der Waals surface area contributed by atoms with Crippen molar-refractivity contribution in [3.05, 3.63) is 29.8 Å². The maximum Gasteiger partial charge on any atom is 0.237 e. The van der Waals surface area contributed by atoms with E-state index in [-0.39, 0.29) is 11.9 Å². The van der Waals surface area contributed by atoms with Gasteiger partial charge in [0.15, 0.2) is 0 Å². The van der Waals surface area contributed by atoms with E-state index in [1.54, 1.807) is 18.9 Å². The molecule has 0 bridgehead atoms. The lowest BCUT2D eigenvalue weighted by atomic mass is 10.1. The van der Waals surface area contributed by atoms with E-state index in [0.29, 0.717) is 6.42 Å². The van der Waals surface area contributed by atoms with Crippen LogP contribution in [0.3, 0.4) is 0 Å². The fourth-order valence-electron chi connectivity index (χ4n) is 1.67. The molecule has 1 aromatic carbocycles. The lowest BCUT2D eigenvalue weighted by molar-refractivity contribution is -0.123. The van der Waals surface area contributed by atoms with Crippen LogP contribution < -0.4 is 15.8 Å². The first-order chi connectivity index (χ1) is 9.08. The number of thioether (sulfide) groups is 1. The fraction of sp³-hybridized carbons (Fsp3) is 0.500. The molecule has 0 spiro atoms. The van der Waals surface area contributed by atoms with Gasteiger partial charge in [-0.1, -0.05) is 12.1 Å². The van der Waals surface area contributed by atoms with Gasteiger partial charge < -0.3 is 15.8 Å². The minimum atomic E-state index is -0.437. The highest BCUT2D eigenvalue weighted by Crippen LogP contribution is 2.17. The number of amides is 1. The summed E-state index contributed by atoms with van der Waals surface area (Å²) in [5, 5.41) is 2.93. The number of nitrogens with one attached hydrogen (secondary N) is 1. The zero-order valence-corrected chi connectivity index (χ0v) is 12.5. The van der Waals surface area contributed by atoms with Crippen LogP contribution in [0.15, 0.2) is 24.3 Å². The molecule has 0 unspecified atom stereocenters. The van der Waals surface area contributed by atoms with Crippen molar-refractivity contribution in [1.29, 1.82) is 0 Å². The number of benzene rings is 1. The van der Waals surface area contributed by atoms with E-state index in [4.69, 9.17) is 10.5 Å². The van der Waals surface area contributed by atoms with Gasteiger partial charge in [-0.2, -0.15) is 11.8 Å². The molecular weight excluding hydrogens is 260 g/mol. The fourth-order valence-corrected chi connectivity index (χ4v) is 2.16. The van der Waals surface area contributed by atoms with E-state index in [9.17, 15) is 4.79 Å². The Morgan fingerprint density at radius 2 is 2.05 bits per heavy atom. The summed E-state index contributed by atoms with van der Waals surface area (Å²) in [6.45, 7) is 1.95. The van der Waals surface area contributed by atoms with Crippen LogP contribution in [-0.4, -0.2) is 31.1 Å². The van der Waals surface area contributed by atoms with Gasteiger partial charge in [-0.05, 0) is 43.0 Å². The molecule has 0 aliphatic carbocycles. The third-order valence-corrected chi connectivity index (χ3v) is 3.59. The minimum absolute atomic E-state index is 0.0567. The lowest BCUT2D eigenvalue weighted by Crippen LogP contribution is -2.41. The van der Waals surface area contributed by atoms with Crippen molar-refractivity contribution in [1.82, 2.24) is 5.32 Å². The molecule has 1 aromatic rings. The van der Waals surface area contributed by atoms with Crippen LogP contribution >= 0.6 is 11.8 Å². The topological polar surface area (TPSA) is 64.3 Å². The molecule has 4 nitrogen and oxygen atoms in total. The van der Waals surface area contributed by atoms with Gasteiger partial charge >= 0.3 is 0 Å². The summed E-state index contributed by atoms with van der Waals surface area (Å²) in [7, 11) is 1.63. The van der Waals surface area contributed by atoms with Gasteiger partial charge in [0.05, 0.1) is 19.2 Å². The van der Waals surface area contributed by atoms with Crippen LogP contribution in [0.1, 0.15) is 24.9 Å². The predicted molar refractivity (Wildman–Crippen MR) is 80.5 cm³/mol. The minimum Gasteiger partial charge on any atom is -0.497 e. The van der Waals surface area contributed by atoms with E-state index in [1.807, 2.05) is 37.4 Å². The Hall–Kier alpha value is -1.20. The molecule has 0 radical (unpaired) electrons. The molecule has 0 saturated carbocycles.